The van der Waals surface area contributed by atoms with Gasteiger partial charge in [-0.2, -0.15) is 0 Å². The van der Waals surface area contributed by atoms with Gasteiger partial charge in [-0.3, -0.25) is 4.79 Å². The molecule has 0 aliphatic heterocycles. The molecule has 6 heteroatoms. The summed E-state index contributed by atoms with van der Waals surface area (Å²) < 4.78 is 1.77. The largest absolute Gasteiger partial charge is 0.394 e. The Bertz CT molecular complexity index is 377. The molecule has 4 N–H and O–H groups in total. The Balaban J connectivity index is 2.74. The van der Waals surface area contributed by atoms with Crippen molar-refractivity contribution in [2.24, 2.45) is 5.73 Å². The Labute approximate surface area is 107 Å². The van der Waals surface area contributed by atoms with E-state index in [0.29, 0.717) is 31.6 Å². The molecule has 0 saturated heterocycles. The lowest BCUT2D eigenvalue weighted by atomic mass is 9.94. The van der Waals surface area contributed by atoms with Gasteiger partial charge in [-0.15, -0.1) is 0 Å². The summed E-state index contributed by atoms with van der Waals surface area (Å²) >= 11 is 0. The number of nitrogens with zero attached hydrogens (tertiary/aromatic N) is 2. The maximum Gasteiger partial charge on any atom is 0.271 e. The molecule has 0 aliphatic rings. The van der Waals surface area contributed by atoms with Crippen molar-refractivity contribution in [3.05, 3.63) is 18.2 Å². The van der Waals surface area contributed by atoms with Gasteiger partial charge >= 0.3 is 0 Å². The molecule has 0 radical (unpaired) electrons. The smallest absolute Gasteiger partial charge is 0.271 e. The molecule has 102 valence electrons. The van der Waals surface area contributed by atoms with Gasteiger partial charge in [-0.05, 0) is 12.8 Å². The molecule has 1 amide bonds. The molecule has 18 heavy (non-hydrogen) atoms. The summed E-state index contributed by atoms with van der Waals surface area (Å²) in [7, 11) is 0. The van der Waals surface area contributed by atoms with E-state index in [1.807, 2.05) is 13.8 Å². The number of aliphatic hydroxyl groups is 1. The van der Waals surface area contributed by atoms with Gasteiger partial charge in [0.15, 0.2) is 0 Å². The van der Waals surface area contributed by atoms with Crippen molar-refractivity contribution in [2.45, 2.75) is 38.8 Å². The normalized spacial score (nSPS) is 11.6. The van der Waals surface area contributed by atoms with Crippen LogP contribution in [0, 0.1) is 0 Å². The molecule has 6 nitrogen and oxygen atoms in total. The molecule has 0 unspecified atom stereocenters. The minimum Gasteiger partial charge on any atom is -0.394 e. The number of hydrogen-bond donors (Lipinski definition) is 3. The van der Waals surface area contributed by atoms with E-state index in [1.54, 1.807) is 17.1 Å². The van der Waals surface area contributed by atoms with Crippen LogP contribution in [-0.2, 0) is 6.54 Å². The number of hydrogen-bond acceptors (Lipinski definition) is 4. The quantitative estimate of drug-likeness (QED) is 0.644. The van der Waals surface area contributed by atoms with Crippen LogP contribution in [0.4, 0.5) is 0 Å². The Morgan fingerprint density at radius 1 is 1.56 bits per heavy atom. The van der Waals surface area contributed by atoms with Crippen molar-refractivity contribution >= 4 is 5.91 Å². The maximum absolute atomic E-state index is 12.0. The van der Waals surface area contributed by atoms with Gasteiger partial charge in [-0.25, -0.2) is 4.98 Å². The average Bonchev–Trinajstić information content (AvgIpc) is 2.85. The second-order valence-electron chi connectivity index (χ2n) is 4.39. The van der Waals surface area contributed by atoms with Gasteiger partial charge in [0, 0.05) is 19.3 Å². The van der Waals surface area contributed by atoms with Crippen LogP contribution in [0.1, 0.15) is 37.2 Å². The summed E-state index contributed by atoms with van der Waals surface area (Å²) in [6, 6.07) is 0. The number of imidazole rings is 1. The third-order valence-electron chi connectivity index (χ3n) is 3.29. The number of nitrogens with two attached hydrogens (primary N) is 1. The molecule has 0 saturated carbocycles. The fourth-order valence-electron chi connectivity index (χ4n) is 1.74. The molecule has 0 fully saturated rings. The molecular formula is C12H22N4O2. The average molecular weight is 254 g/mol. The maximum atomic E-state index is 12.0. The Morgan fingerprint density at radius 2 is 2.22 bits per heavy atom. The number of amides is 1. The number of aromatic nitrogens is 2. The second-order valence-corrected chi connectivity index (χ2v) is 4.39. The molecule has 0 aromatic carbocycles. The van der Waals surface area contributed by atoms with E-state index in [4.69, 9.17) is 5.73 Å². The highest BCUT2D eigenvalue weighted by molar-refractivity contribution is 5.92. The first-order chi connectivity index (χ1) is 8.60. The first-order valence-corrected chi connectivity index (χ1v) is 6.26. The highest BCUT2D eigenvalue weighted by atomic mass is 16.3. The molecule has 1 aromatic rings. The molecule has 0 aliphatic carbocycles. The molecule has 0 atom stereocenters. The van der Waals surface area contributed by atoms with Crippen LogP contribution in [0.2, 0.25) is 0 Å². The summed E-state index contributed by atoms with van der Waals surface area (Å²) in [4.78, 5) is 16.1. The van der Waals surface area contributed by atoms with Crippen LogP contribution in [-0.4, -0.2) is 39.3 Å². The van der Waals surface area contributed by atoms with Crippen molar-refractivity contribution in [1.29, 1.82) is 0 Å². The van der Waals surface area contributed by atoms with Crippen LogP contribution in [0.15, 0.2) is 12.5 Å². The monoisotopic (exact) mass is 254 g/mol. The van der Waals surface area contributed by atoms with Crippen molar-refractivity contribution in [3.63, 3.8) is 0 Å². The zero-order valence-corrected chi connectivity index (χ0v) is 11.0. The van der Waals surface area contributed by atoms with Gasteiger partial charge in [0.05, 0.1) is 18.5 Å². The van der Waals surface area contributed by atoms with E-state index < -0.39 is 5.54 Å². The highest BCUT2D eigenvalue weighted by Gasteiger charge is 2.28. The van der Waals surface area contributed by atoms with E-state index in [-0.39, 0.29) is 12.5 Å². The molecule has 0 spiro atoms. The second kappa shape index (κ2) is 6.51. The molecular weight excluding hydrogens is 232 g/mol. The standard InChI is InChI=1S/C12H22N4O2/c1-3-12(4-2,8-17)15-11(18)10-7-16(6-5-13)9-14-10/h7,9,17H,3-6,8,13H2,1-2H3,(H,15,18). The SMILES string of the molecule is CCC(CC)(CO)NC(=O)c1cn(CCN)cn1. The van der Waals surface area contributed by atoms with Crippen LogP contribution in [0.3, 0.4) is 0 Å². The fraction of sp³-hybridized carbons (Fsp3) is 0.667. The van der Waals surface area contributed by atoms with Gasteiger partial charge in [0.1, 0.15) is 5.69 Å². The van der Waals surface area contributed by atoms with Crippen molar-refractivity contribution in [2.75, 3.05) is 13.2 Å². The van der Waals surface area contributed by atoms with Crippen LogP contribution >= 0.6 is 0 Å². The van der Waals surface area contributed by atoms with Crippen molar-refractivity contribution < 1.29 is 9.90 Å². The van der Waals surface area contributed by atoms with E-state index >= 15 is 0 Å². The van der Waals surface area contributed by atoms with Crippen LogP contribution in [0.5, 0.6) is 0 Å². The van der Waals surface area contributed by atoms with Gasteiger partial charge in [0.25, 0.3) is 5.91 Å². The zero-order chi connectivity index (χ0) is 13.6. The molecule has 0 bridgehead atoms. The summed E-state index contributed by atoms with van der Waals surface area (Å²) in [5, 5.41) is 12.3. The highest BCUT2D eigenvalue weighted by Crippen LogP contribution is 2.14. The molecule has 1 heterocycles. The number of nitrogens with one attached hydrogen (secondary N) is 1. The fourth-order valence-corrected chi connectivity index (χ4v) is 1.74. The Morgan fingerprint density at radius 3 is 2.72 bits per heavy atom. The Hall–Kier alpha value is -1.40. The van der Waals surface area contributed by atoms with Crippen molar-refractivity contribution in [3.8, 4) is 0 Å². The lowest BCUT2D eigenvalue weighted by Gasteiger charge is -2.30. The lowest BCUT2D eigenvalue weighted by molar-refractivity contribution is 0.0813. The summed E-state index contributed by atoms with van der Waals surface area (Å²) in [6.45, 7) is 4.93. The summed E-state index contributed by atoms with van der Waals surface area (Å²) in [5.41, 5.74) is 5.22. The third-order valence-corrected chi connectivity index (χ3v) is 3.29. The number of carbonyl (C=O) groups is 1. The lowest BCUT2D eigenvalue weighted by Crippen LogP contribution is -2.50. The minimum atomic E-state index is -0.561. The van der Waals surface area contributed by atoms with Gasteiger partial charge < -0.3 is 20.7 Å². The van der Waals surface area contributed by atoms with Gasteiger partial charge in [-0.1, -0.05) is 13.8 Å². The number of carbonyl (C=O) groups excluding carboxylic acids is 1. The predicted molar refractivity (Wildman–Crippen MR) is 69.1 cm³/mol. The summed E-state index contributed by atoms with van der Waals surface area (Å²) in [5.74, 6) is -0.261. The number of rotatable bonds is 7. The minimum absolute atomic E-state index is 0.0742. The molecule has 1 aromatic heterocycles. The van der Waals surface area contributed by atoms with Crippen molar-refractivity contribution in [1.82, 2.24) is 14.9 Å². The van der Waals surface area contributed by atoms with E-state index in [1.165, 1.54) is 0 Å². The third kappa shape index (κ3) is 3.30. The van der Waals surface area contributed by atoms with Crippen LogP contribution in [0.25, 0.3) is 0 Å². The summed E-state index contributed by atoms with van der Waals surface area (Å²) in [6.07, 6.45) is 4.60. The number of aliphatic hydroxyl groups excluding tert-OH is 1. The van der Waals surface area contributed by atoms with E-state index in [9.17, 15) is 9.90 Å². The zero-order valence-electron chi connectivity index (χ0n) is 11.0. The first kappa shape index (κ1) is 14.7. The molecule has 1 rings (SSSR count). The Kier molecular flexibility index (Phi) is 5.30. The first-order valence-electron chi connectivity index (χ1n) is 6.26. The topological polar surface area (TPSA) is 93.2 Å². The van der Waals surface area contributed by atoms with Crippen LogP contribution < -0.4 is 11.1 Å². The van der Waals surface area contributed by atoms with E-state index in [2.05, 4.69) is 10.3 Å². The van der Waals surface area contributed by atoms with Gasteiger partial charge in [0.2, 0.25) is 0 Å². The van der Waals surface area contributed by atoms with E-state index in [0.717, 1.165) is 0 Å². The predicted octanol–water partition coefficient (Wildman–Crippen LogP) is 0.123.